The van der Waals surface area contributed by atoms with Gasteiger partial charge in [-0.15, -0.1) is 0 Å². The number of unbranched alkanes of at least 4 members (excludes halogenated alkanes) is 16. The van der Waals surface area contributed by atoms with Gasteiger partial charge in [-0.3, -0.25) is 0 Å². The summed E-state index contributed by atoms with van der Waals surface area (Å²) in [5, 5.41) is 0. The maximum Gasteiger partial charge on any atom is -0.00851 e. The van der Waals surface area contributed by atoms with Crippen molar-refractivity contribution in [3.63, 3.8) is 0 Å². The van der Waals surface area contributed by atoms with Crippen LogP contribution in [0.3, 0.4) is 0 Å². The molecule has 0 amide bonds. The van der Waals surface area contributed by atoms with E-state index in [4.69, 9.17) is 0 Å². The molecule has 0 aliphatic heterocycles. The van der Waals surface area contributed by atoms with Crippen LogP contribution in [0.15, 0.2) is 11.6 Å². The largest absolute Gasteiger partial charge is 0.0845 e. The van der Waals surface area contributed by atoms with Crippen molar-refractivity contribution in [1.29, 1.82) is 0 Å². The van der Waals surface area contributed by atoms with Crippen molar-refractivity contribution in [2.24, 2.45) is 46.3 Å². The van der Waals surface area contributed by atoms with Crippen LogP contribution >= 0.6 is 0 Å². The van der Waals surface area contributed by atoms with Gasteiger partial charge in [-0.2, -0.15) is 0 Å². The molecule has 252 valence electrons. The lowest BCUT2D eigenvalue weighted by Crippen LogP contribution is -2.50. The third-order valence-corrected chi connectivity index (χ3v) is 13.9. The normalized spacial score (nSPS) is 33.9. The minimum atomic E-state index is 0.549. The average Bonchev–Trinajstić information content (AvgIpc) is 3.37. The van der Waals surface area contributed by atoms with E-state index in [0.29, 0.717) is 10.8 Å². The van der Waals surface area contributed by atoms with Crippen LogP contribution in [0.5, 0.6) is 0 Å². The van der Waals surface area contributed by atoms with Gasteiger partial charge in [0.15, 0.2) is 0 Å². The van der Waals surface area contributed by atoms with Gasteiger partial charge in [-0.05, 0) is 97.7 Å². The second-order valence-corrected chi connectivity index (χ2v) is 16.8. The molecule has 0 nitrogen and oxygen atoms in total. The van der Waals surface area contributed by atoms with Crippen LogP contribution in [-0.4, -0.2) is 0 Å². The summed E-state index contributed by atoms with van der Waals surface area (Å²) in [7, 11) is 0. The third-order valence-electron chi connectivity index (χ3n) is 13.9. The van der Waals surface area contributed by atoms with E-state index in [9.17, 15) is 0 Å². The summed E-state index contributed by atoms with van der Waals surface area (Å²) in [5.74, 6) is 5.86. The number of fused-ring (bicyclic) bond motifs is 5. The molecule has 0 heteroatoms. The zero-order chi connectivity index (χ0) is 31.1. The Morgan fingerprint density at radius 1 is 0.674 bits per heavy atom. The predicted molar refractivity (Wildman–Crippen MR) is 194 cm³/mol. The first kappa shape index (κ1) is 37.2. The first-order valence-corrected chi connectivity index (χ1v) is 20.6. The Balaban J connectivity index is 0.00000248. The summed E-state index contributed by atoms with van der Waals surface area (Å²) >= 11 is 0. The van der Waals surface area contributed by atoms with E-state index in [2.05, 4.69) is 40.7 Å². The third kappa shape index (κ3) is 10.1. The van der Waals surface area contributed by atoms with Crippen molar-refractivity contribution in [2.45, 2.75) is 215 Å². The summed E-state index contributed by atoms with van der Waals surface area (Å²) in [6.07, 6.45) is 41.3. The summed E-state index contributed by atoms with van der Waals surface area (Å²) in [6, 6.07) is 0. The number of allylic oxidation sites excluding steroid dienone is 2. The quantitative estimate of drug-likeness (QED) is 0.103. The second-order valence-electron chi connectivity index (χ2n) is 16.8. The Hall–Kier alpha value is -0.260. The van der Waals surface area contributed by atoms with Crippen LogP contribution in [0.4, 0.5) is 0 Å². The minimum absolute atomic E-state index is 0.549. The van der Waals surface area contributed by atoms with E-state index in [1.54, 1.807) is 6.42 Å². The van der Waals surface area contributed by atoms with Crippen molar-refractivity contribution < 1.29 is 0 Å². The highest BCUT2D eigenvalue weighted by molar-refractivity contribution is 5.25. The summed E-state index contributed by atoms with van der Waals surface area (Å²) in [5.41, 5.74) is 3.06. The molecule has 8 atom stereocenters. The number of hydrogen-bond donors (Lipinski definition) is 0. The van der Waals surface area contributed by atoms with Crippen molar-refractivity contribution >= 4 is 0 Å². The Morgan fingerprint density at radius 3 is 1.77 bits per heavy atom. The van der Waals surface area contributed by atoms with Crippen LogP contribution in [0.1, 0.15) is 215 Å². The lowest BCUT2D eigenvalue weighted by Gasteiger charge is -2.58. The molecule has 0 radical (unpaired) electrons. The van der Waals surface area contributed by atoms with E-state index < -0.39 is 0 Å². The minimum Gasteiger partial charge on any atom is -0.0845 e. The van der Waals surface area contributed by atoms with Gasteiger partial charge in [0.1, 0.15) is 0 Å². The molecule has 0 saturated heterocycles. The van der Waals surface area contributed by atoms with E-state index in [-0.39, 0.29) is 0 Å². The Bertz CT molecular complexity index is 762. The fourth-order valence-corrected chi connectivity index (χ4v) is 11.2. The van der Waals surface area contributed by atoms with Gasteiger partial charge >= 0.3 is 0 Å². The van der Waals surface area contributed by atoms with Gasteiger partial charge in [0.25, 0.3) is 0 Å². The lowest BCUT2D eigenvalue weighted by molar-refractivity contribution is -0.0522. The van der Waals surface area contributed by atoms with Gasteiger partial charge in [0.05, 0.1) is 0 Å². The molecule has 0 spiro atoms. The SMILES string of the molecule is CC.CCCCCCCCCCCCCCCCCCC[C@@H](C)[C@H]1CC[C@H]2C3CC=C4C[C@@H](C)CC[C@]4(C)[C@H]3CC[C@]12C. The van der Waals surface area contributed by atoms with Crippen LogP contribution in [0.25, 0.3) is 0 Å². The maximum absolute atomic E-state index is 2.77. The van der Waals surface area contributed by atoms with Gasteiger partial charge in [-0.1, -0.05) is 176 Å². The van der Waals surface area contributed by atoms with Crippen LogP contribution in [0, 0.1) is 46.3 Å². The van der Waals surface area contributed by atoms with E-state index in [0.717, 1.165) is 35.5 Å². The highest BCUT2D eigenvalue weighted by Gasteiger charge is 2.58. The Morgan fingerprint density at radius 2 is 1.21 bits per heavy atom. The smallest absolute Gasteiger partial charge is 0.00851 e. The number of rotatable bonds is 19. The van der Waals surface area contributed by atoms with E-state index in [1.165, 1.54) is 161 Å². The molecule has 0 aromatic carbocycles. The molecule has 0 heterocycles. The summed E-state index contributed by atoms with van der Waals surface area (Å²) in [4.78, 5) is 0. The fraction of sp³-hybridized carbons (Fsp3) is 0.953. The van der Waals surface area contributed by atoms with Crippen LogP contribution in [0.2, 0.25) is 0 Å². The molecule has 4 rings (SSSR count). The second kappa shape index (κ2) is 19.4. The molecule has 3 saturated carbocycles. The fourth-order valence-electron chi connectivity index (χ4n) is 11.2. The molecule has 0 aromatic heterocycles. The summed E-state index contributed by atoms with van der Waals surface area (Å²) in [6.45, 7) is 16.9. The molecule has 0 bridgehead atoms. The molecule has 4 aliphatic carbocycles. The lowest BCUT2D eigenvalue weighted by atomic mass is 9.46. The van der Waals surface area contributed by atoms with Gasteiger partial charge in [0, 0.05) is 0 Å². The predicted octanol–water partition coefficient (Wildman–Crippen LogP) is 14.9. The van der Waals surface area contributed by atoms with Gasteiger partial charge in [-0.25, -0.2) is 0 Å². The first-order valence-electron chi connectivity index (χ1n) is 20.6. The topological polar surface area (TPSA) is 0 Å². The molecule has 0 N–H and O–H groups in total. The standard InChI is InChI=1S/C41H74.C2H6/c1-6-7-8-9-10-11-12-13-14-15-16-17-18-19-20-21-22-23-34(3)37-26-27-38-36-25-24-35-32-33(2)28-30-40(35,4)39(36)29-31-41(37,38)5;1-2/h24,33-34,36-39H,6-23,25-32H2,1-5H3;1-2H3/t33-,34+,36?,37+,38-,39-,40-,41+;/m0./s1. The van der Waals surface area contributed by atoms with Crippen molar-refractivity contribution in [3.05, 3.63) is 11.6 Å². The van der Waals surface area contributed by atoms with E-state index in [1.807, 2.05) is 19.4 Å². The van der Waals surface area contributed by atoms with Crippen molar-refractivity contribution in [2.75, 3.05) is 0 Å². The van der Waals surface area contributed by atoms with Crippen LogP contribution in [-0.2, 0) is 0 Å². The van der Waals surface area contributed by atoms with E-state index >= 15 is 0 Å². The van der Waals surface area contributed by atoms with Crippen molar-refractivity contribution in [1.82, 2.24) is 0 Å². The summed E-state index contributed by atoms with van der Waals surface area (Å²) < 4.78 is 0. The van der Waals surface area contributed by atoms with Crippen LogP contribution < -0.4 is 0 Å². The molecular weight excluding hydrogens is 516 g/mol. The Kier molecular flexibility index (Phi) is 16.8. The van der Waals surface area contributed by atoms with Gasteiger partial charge in [0.2, 0.25) is 0 Å². The highest BCUT2D eigenvalue weighted by atomic mass is 14.6. The maximum atomic E-state index is 2.77. The van der Waals surface area contributed by atoms with Crippen molar-refractivity contribution in [3.8, 4) is 0 Å². The zero-order valence-electron chi connectivity index (χ0n) is 30.9. The number of hydrogen-bond acceptors (Lipinski definition) is 0. The molecule has 3 fully saturated rings. The molecule has 1 unspecified atom stereocenters. The average molecular weight is 597 g/mol. The Labute approximate surface area is 272 Å². The molecular formula is C43H80. The highest BCUT2D eigenvalue weighted by Crippen LogP contribution is 2.67. The molecule has 0 aromatic rings. The molecule has 43 heavy (non-hydrogen) atoms. The van der Waals surface area contributed by atoms with Gasteiger partial charge < -0.3 is 0 Å². The monoisotopic (exact) mass is 597 g/mol. The molecule has 4 aliphatic rings. The zero-order valence-corrected chi connectivity index (χ0v) is 30.9. The first-order chi connectivity index (χ1) is 20.9.